The van der Waals surface area contributed by atoms with E-state index in [1.807, 2.05) is 50.3 Å². The minimum atomic E-state index is -0.512. The Morgan fingerprint density at radius 1 is 1.13 bits per heavy atom. The van der Waals surface area contributed by atoms with Crippen molar-refractivity contribution in [1.29, 1.82) is 0 Å². The van der Waals surface area contributed by atoms with E-state index in [1.165, 1.54) is 11.8 Å². The average molecular weight is 408 g/mol. The van der Waals surface area contributed by atoms with Crippen molar-refractivity contribution in [3.8, 4) is 0 Å². The highest BCUT2D eigenvalue weighted by Gasteiger charge is 2.29. The molecule has 1 aliphatic rings. The number of carbonyl (C=O) groups is 3. The fourth-order valence-corrected chi connectivity index (χ4v) is 4.21. The van der Waals surface area contributed by atoms with Gasteiger partial charge in [-0.05, 0) is 51.0 Å². The number of carbonyl (C=O) groups excluding carboxylic acids is 3. The summed E-state index contributed by atoms with van der Waals surface area (Å²) < 4.78 is 7.40. The van der Waals surface area contributed by atoms with E-state index in [1.54, 1.807) is 6.20 Å². The van der Waals surface area contributed by atoms with E-state index in [0.717, 1.165) is 22.5 Å². The first kappa shape index (κ1) is 21.6. The molecule has 2 aromatic rings. The van der Waals surface area contributed by atoms with Gasteiger partial charge in [0.25, 0.3) is 0 Å². The zero-order valence-corrected chi connectivity index (χ0v) is 18.1. The van der Waals surface area contributed by atoms with Crippen molar-refractivity contribution in [2.24, 2.45) is 0 Å². The Labute approximate surface area is 177 Å². The molecule has 6 heteroatoms. The second-order valence-electron chi connectivity index (χ2n) is 7.92. The second kappa shape index (κ2) is 8.69. The number of ketones is 1. The summed E-state index contributed by atoms with van der Waals surface area (Å²) >= 11 is 0. The van der Waals surface area contributed by atoms with E-state index in [0.29, 0.717) is 5.56 Å². The molecule has 2 heterocycles. The number of hydrogen-bond donors (Lipinski definition) is 0. The van der Waals surface area contributed by atoms with Crippen LogP contribution < -0.4 is 0 Å². The summed E-state index contributed by atoms with van der Waals surface area (Å²) in [4.78, 5) is 38.8. The molecule has 0 bridgehead atoms. The molecule has 0 spiro atoms. The van der Waals surface area contributed by atoms with Gasteiger partial charge in [-0.3, -0.25) is 14.4 Å². The highest BCUT2D eigenvalue weighted by atomic mass is 16.5. The molecule has 1 aromatic heterocycles. The van der Waals surface area contributed by atoms with Gasteiger partial charge in [0.1, 0.15) is 0 Å². The zero-order chi connectivity index (χ0) is 22.0. The van der Waals surface area contributed by atoms with Gasteiger partial charge in [0.15, 0.2) is 6.61 Å². The monoisotopic (exact) mass is 408 g/mol. The van der Waals surface area contributed by atoms with Crippen LogP contribution in [0.15, 0.2) is 36.5 Å². The summed E-state index contributed by atoms with van der Waals surface area (Å²) in [7, 11) is 0. The molecular formula is C24H28N2O4. The van der Waals surface area contributed by atoms with Crippen LogP contribution in [0.4, 0.5) is 0 Å². The van der Waals surface area contributed by atoms with E-state index >= 15 is 0 Å². The van der Waals surface area contributed by atoms with Gasteiger partial charge < -0.3 is 14.2 Å². The maximum absolute atomic E-state index is 12.7. The number of aromatic nitrogens is 1. The lowest BCUT2D eigenvalue weighted by molar-refractivity contribution is -0.144. The molecule has 1 amide bonds. The Bertz CT molecular complexity index is 1020. The van der Waals surface area contributed by atoms with Crippen molar-refractivity contribution in [1.82, 2.24) is 9.47 Å². The van der Waals surface area contributed by atoms with Gasteiger partial charge in [-0.25, -0.2) is 0 Å². The lowest BCUT2D eigenvalue weighted by Gasteiger charge is -2.32. The van der Waals surface area contributed by atoms with Crippen molar-refractivity contribution < 1.29 is 19.1 Å². The van der Waals surface area contributed by atoms with Gasteiger partial charge in [-0.2, -0.15) is 0 Å². The van der Waals surface area contributed by atoms with Gasteiger partial charge in [0.2, 0.25) is 11.7 Å². The Kier molecular flexibility index (Phi) is 6.25. The summed E-state index contributed by atoms with van der Waals surface area (Å²) in [5.41, 5.74) is 4.30. The fourth-order valence-electron chi connectivity index (χ4n) is 4.21. The van der Waals surface area contributed by atoms with Gasteiger partial charge >= 0.3 is 5.97 Å². The molecule has 158 valence electrons. The predicted octanol–water partition coefficient (Wildman–Crippen LogP) is 4.38. The van der Waals surface area contributed by atoms with E-state index in [2.05, 4.69) is 18.4 Å². The van der Waals surface area contributed by atoms with Crippen LogP contribution in [0.2, 0.25) is 0 Å². The largest absolute Gasteiger partial charge is 0.457 e. The molecular weight excluding hydrogens is 380 g/mol. The molecule has 0 N–H and O–H groups in total. The lowest BCUT2D eigenvalue weighted by atomic mass is 9.94. The van der Waals surface area contributed by atoms with Gasteiger partial charge in [0.05, 0.1) is 12.5 Å². The molecule has 6 nitrogen and oxygen atoms in total. The Balaban J connectivity index is 1.70. The predicted molar refractivity (Wildman–Crippen MR) is 115 cm³/mol. The van der Waals surface area contributed by atoms with Crippen molar-refractivity contribution in [2.75, 3.05) is 6.61 Å². The van der Waals surface area contributed by atoms with Gasteiger partial charge in [0, 0.05) is 36.1 Å². The summed E-state index contributed by atoms with van der Waals surface area (Å²) in [6, 6.07) is 9.26. The first-order valence-electron chi connectivity index (χ1n) is 10.1. The van der Waals surface area contributed by atoms with E-state index in [9.17, 15) is 14.4 Å². The normalized spacial score (nSPS) is 15.3. The molecule has 0 aliphatic carbocycles. The quantitative estimate of drug-likeness (QED) is 0.526. The van der Waals surface area contributed by atoms with Crippen molar-refractivity contribution >= 4 is 23.7 Å². The third-order valence-corrected chi connectivity index (χ3v) is 5.49. The van der Waals surface area contributed by atoms with Crippen LogP contribution in [0, 0.1) is 13.8 Å². The molecule has 0 saturated carbocycles. The second-order valence-corrected chi connectivity index (χ2v) is 7.92. The maximum Gasteiger partial charge on any atom is 0.308 e. The van der Waals surface area contributed by atoms with Crippen LogP contribution in [0.5, 0.6) is 0 Å². The van der Waals surface area contributed by atoms with Gasteiger partial charge in [-0.15, -0.1) is 0 Å². The van der Waals surface area contributed by atoms with Crippen molar-refractivity contribution in [3.63, 3.8) is 0 Å². The van der Waals surface area contributed by atoms with Gasteiger partial charge in [-0.1, -0.05) is 24.3 Å². The number of esters is 1. The minimum absolute atomic E-state index is 0.0147. The number of ether oxygens (including phenoxy) is 1. The van der Waals surface area contributed by atoms with Crippen LogP contribution in [0.1, 0.15) is 72.1 Å². The Morgan fingerprint density at radius 2 is 1.83 bits per heavy atom. The zero-order valence-electron chi connectivity index (χ0n) is 18.1. The Hall–Kier alpha value is -3.15. The number of fused-ring (bicyclic) bond motifs is 1. The SMILES string of the molecule is CC(=O)N1C=Cc2ccccc2[C@H]1CC(=O)OCC(=O)c1cc(C)n(C(C)C)c1C. The lowest BCUT2D eigenvalue weighted by Crippen LogP contribution is -2.32. The third-order valence-electron chi connectivity index (χ3n) is 5.49. The highest BCUT2D eigenvalue weighted by Crippen LogP contribution is 2.33. The number of benzene rings is 1. The molecule has 0 radical (unpaired) electrons. The minimum Gasteiger partial charge on any atom is -0.457 e. The van der Waals surface area contributed by atoms with Crippen molar-refractivity contribution in [3.05, 3.63) is 64.6 Å². The number of Topliss-reactive ketones (excluding diaryl/α,β-unsaturated/α-hetero) is 1. The van der Waals surface area contributed by atoms with Crippen LogP contribution in [0.3, 0.4) is 0 Å². The smallest absolute Gasteiger partial charge is 0.308 e. The first-order chi connectivity index (χ1) is 14.2. The molecule has 1 aliphatic heterocycles. The fraction of sp³-hybridized carbons (Fsp3) is 0.375. The molecule has 1 atom stereocenters. The number of rotatable bonds is 6. The number of amides is 1. The molecule has 3 rings (SSSR count). The van der Waals surface area contributed by atoms with E-state index < -0.39 is 12.0 Å². The number of aryl methyl sites for hydroxylation is 1. The average Bonchev–Trinajstić information content (AvgIpc) is 3.00. The highest BCUT2D eigenvalue weighted by molar-refractivity contribution is 5.99. The summed E-state index contributed by atoms with van der Waals surface area (Å²) in [5.74, 6) is -0.895. The van der Waals surface area contributed by atoms with Crippen LogP contribution in [-0.4, -0.2) is 33.7 Å². The molecule has 1 aromatic carbocycles. The third kappa shape index (κ3) is 4.22. The topological polar surface area (TPSA) is 68.6 Å². The van der Waals surface area contributed by atoms with E-state index in [4.69, 9.17) is 4.74 Å². The van der Waals surface area contributed by atoms with E-state index in [-0.39, 0.29) is 30.8 Å². The Morgan fingerprint density at radius 3 is 2.47 bits per heavy atom. The number of hydrogen-bond acceptors (Lipinski definition) is 4. The summed E-state index contributed by atoms with van der Waals surface area (Å²) in [6.45, 7) is 9.13. The number of nitrogens with zero attached hydrogens (tertiary/aromatic N) is 2. The summed E-state index contributed by atoms with van der Waals surface area (Å²) in [5, 5.41) is 0. The molecule has 30 heavy (non-hydrogen) atoms. The van der Waals surface area contributed by atoms with Crippen LogP contribution in [-0.2, 0) is 14.3 Å². The van der Waals surface area contributed by atoms with Crippen molar-refractivity contribution in [2.45, 2.75) is 53.1 Å². The maximum atomic E-state index is 12.7. The van der Waals surface area contributed by atoms with Crippen LogP contribution >= 0.6 is 0 Å². The molecule has 0 unspecified atom stereocenters. The first-order valence-corrected chi connectivity index (χ1v) is 10.1. The molecule has 0 saturated heterocycles. The standard InChI is InChI=1S/C24H28N2O4/c1-15(2)26-16(3)12-21(17(26)4)23(28)14-30-24(29)13-22-20-9-7-6-8-19(20)10-11-25(22)18(5)27/h6-12,15,22H,13-14H2,1-5H3/t22-/m1/s1. The van der Waals surface area contributed by atoms with Crippen LogP contribution in [0.25, 0.3) is 6.08 Å². The summed E-state index contributed by atoms with van der Waals surface area (Å²) in [6.07, 6.45) is 3.53. The molecule has 0 fully saturated rings.